The van der Waals surface area contributed by atoms with Crippen LogP contribution in [-0.4, -0.2) is 64.0 Å². The van der Waals surface area contributed by atoms with Gasteiger partial charge in [0.1, 0.15) is 18.1 Å². The lowest BCUT2D eigenvalue weighted by atomic mass is 9.96. The van der Waals surface area contributed by atoms with Gasteiger partial charge in [-0.05, 0) is 30.6 Å². The van der Waals surface area contributed by atoms with E-state index in [4.69, 9.17) is 5.73 Å². The van der Waals surface area contributed by atoms with E-state index in [2.05, 4.69) is 16.0 Å². The standard InChI is InChI=1S/C22H40N4O7/c1-7-13(6)18(21(31)25-16(22(32)33)9-12(4)5)26-20(30)15(10-17(27)28)24-19(29)14(23)8-11(2)3/h11-16,18H,7-10,23H2,1-6H3,(H,24,29)(H,25,31)(H,26,30)(H,27,28)(H,32,33). The Labute approximate surface area is 195 Å². The van der Waals surface area contributed by atoms with Crippen molar-refractivity contribution in [2.24, 2.45) is 23.5 Å². The third kappa shape index (κ3) is 11.7. The Kier molecular flexibility index (Phi) is 13.3. The van der Waals surface area contributed by atoms with E-state index < -0.39 is 60.2 Å². The van der Waals surface area contributed by atoms with Gasteiger partial charge in [-0.2, -0.15) is 0 Å². The second-order valence-corrected chi connectivity index (χ2v) is 9.30. The summed E-state index contributed by atoms with van der Waals surface area (Å²) in [7, 11) is 0. The normalized spacial score (nSPS) is 15.8. The molecule has 0 aromatic carbocycles. The fourth-order valence-electron chi connectivity index (χ4n) is 3.19. The van der Waals surface area contributed by atoms with Crippen LogP contribution in [0.4, 0.5) is 0 Å². The second-order valence-electron chi connectivity index (χ2n) is 9.30. The molecule has 0 spiro atoms. The zero-order valence-electron chi connectivity index (χ0n) is 20.4. The lowest BCUT2D eigenvalue weighted by Gasteiger charge is -2.28. The van der Waals surface area contributed by atoms with Gasteiger partial charge in [-0.3, -0.25) is 19.2 Å². The lowest BCUT2D eigenvalue weighted by molar-refractivity contribution is -0.144. The second kappa shape index (κ2) is 14.5. The number of carbonyl (C=O) groups is 5. The fourth-order valence-corrected chi connectivity index (χ4v) is 3.19. The molecular formula is C22H40N4O7. The Hall–Kier alpha value is -2.69. The van der Waals surface area contributed by atoms with Crippen LogP contribution in [0.2, 0.25) is 0 Å². The summed E-state index contributed by atoms with van der Waals surface area (Å²) < 4.78 is 0. The summed E-state index contributed by atoms with van der Waals surface area (Å²) in [4.78, 5) is 60.9. The van der Waals surface area contributed by atoms with E-state index in [0.29, 0.717) is 12.8 Å². The molecule has 5 atom stereocenters. The zero-order chi connectivity index (χ0) is 25.9. The van der Waals surface area contributed by atoms with E-state index in [1.165, 1.54) is 0 Å². The van der Waals surface area contributed by atoms with Gasteiger partial charge in [0.05, 0.1) is 12.5 Å². The third-order valence-corrected chi connectivity index (χ3v) is 5.19. The first-order chi connectivity index (χ1) is 15.2. The van der Waals surface area contributed by atoms with Crippen LogP contribution >= 0.6 is 0 Å². The highest BCUT2D eigenvalue weighted by molar-refractivity contribution is 5.95. The molecule has 0 saturated carbocycles. The van der Waals surface area contributed by atoms with Crippen LogP contribution < -0.4 is 21.7 Å². The number of aliphatic carboxylic acids is 2. The van der Waals surface area contributed by atoms with Gasteiger partial charge in [0.2, 0.25) is 17.7 Å². The molecule has 7 N–H and O–H groups in total. The van der Waals surface area contributed by atoms with Crippen molar-refractivity contribution in [3.05, 3.63) is 0 Å². The molecule has 0 heterocycles. The van der Waals surface area contributed by atoms with Gasteiger partial charge >= 0.3 is 11.9 Å². The predicted octanol–water partition coefficient (Wildman–Crippen LogP) is 0.466. The molecular weight excluding hydrogens is 432 g/mol. The lowest BCUT2D eigenvalue weighted by Crippen LogP contribution is -2.59. The van der Waals surface area contributed by atoms with Crippen molar-refractivity contribution in [3.63, 3.8) is 0 Å². The minimum Gasteiger partial charge on any atom is -0.481 e. The molecule has 0 rings (SSSR count). The average Bonchev–Trinajstić information content (AvgIpc) is 2.68. The van der Waals surface area contributed by atoms with Gasteiger partial charge < -0.3 is 31.9 Å². The molecule has 190 valence electrons. The molecule has 0 aliphatic heterocycles. The van der Waals surface area contributed by atoms with Gasteiger partial charge in [-0.1, -0.05) is 48.0 Å². The van der Waals surface area contributed by atoms with Crippen molar-refractivity contribution >= 4 is 29.7 Å². The molecule has 0 aromatic rings. The Balaban J connectivity index is 5.57. The molecule has 33 heavy (non-hydrogen) atoms. The van der Waals surface area contributed by atoms with Gasteiger partial charge in [-0.15, -0.1) is 0 Å². The number of nitrogens with two attached hydrogens (primary N) is 1. The Morgan fingerprint density at radius 1 is 0.758 bits per heavy atom. The number of nitrogens with one attached hydrogen (secondary N) is 3. The van der Waals surface area contributed by atoms with Crippen LogP contribution in [0.5, 0.6) is 0 Å². The van der Waals surface area contributed by atoms with E-state index >= 15 is 0 Å². The van der Waals surface area contributed by atoms with E-state index in [1.54, 1.807) is 13.8 Å². The van der Waals surface area contributed by atoms with Crippen LogP contribution in [0.1, 0.15) is 67.2 Å². The highest BCUT2D eigenvalue weighted by Gasteiger charge is 2.33. The summed E-state index contributed by atoms with van der Waals surface area (Å²) in [5, 5.41) is 25.9. The van der Waals surface area contributed by atoms with Gasteiger partial charge in [-0.25, -0.2) is 4.79 Å². The summed E-state index contributed by atoms with van der Waals surface area (Å²) in [6, 6.07) is -4.62. The Bertz CT molecular complexity index is 696. The molecule has 0 aliphatic carbocycles. The molecule has 0 aliphatic rings. The summed E-state index contributed by atoms with van der Waals surface area (Å²) in [5.74, 6) is -5.00. The van der Waals surface area contributed by atoms with Crippen LogP contribution in [0, 0.1) is 17.8 Å². The molecule has 0 radical (unpaired) electrons. The highest BCUT2D eigenvalue weighted by atomic mass is 16.4. The largest absolute Gasteiger partial charge is 0.481 e. The van der Waals surface area contributed by atoms with Crippen LogP contribution in [0.25, 0.3) is 0 Å². The van der Waals surface area contributed by atoms with E-state index in [-0.39, 0.29) is 24.2 Å². The van der Waals surface area contributed by atoms with Crippen LogP contribution in [0.3, 0.4) is 0 Å². The van der Waals surface area contributed by atoms with E-state index in [1.807, 2.05) is 27.7 Å². The molecule has 0 bridgehead atoms. The molecule has 5 unspecified atom stereocenters. The minimum absolute atomic E-state index is 0.00764. The SMILES string of the molecule is CCC(C)C(NC(=O)C(CC(=O)O)NC(=O)C(N)CC(C)C)C(=O)NC(CC(C)C)C(=O)O. The molecule has 0 fully saturated rings. The first kappa shape index (κ1) is 30.3. The summed E-state index contributed by atoms with van der Waals surface area (Å²) in [6.45, 7) is 10.9. The van der Waals surface area contributed by atoms with E-state index in [0.717, 1.165) is 0 Å². The van der Waals surface area contributed by atoms with Crippen molar-refractivity contribution < 1.29 is 34.2 Å². The number of carboxylic acids is 2. The molecule has 11 nitrogen and oxygen atoms in total. The van der Waals surface area contributed by atoms with E-state index in [9.17, 15) is 34.2 Å². The number of carbonyl (C=O) groups excluding carboxylic acids is 3. The average molecular weight is 473 g/mol. The summed E-state index contributed by atoms with van der Waals surface area (Å²) in [6.07, 6.45) is 0.326. The maximum atomic E-state index is 12.9. The highest BCUT2D eigenvalue weighted by Crippen LogP contribution is 2.12. The quantitative estimate of drug-likeness (QED) is 0.198. The van der Waals surface area contributed by atoms with Crippen molar-refractivity contribution in [3.8, 4) is 0 Å². The Morgan fingerprint density at radius 2 is 1.27 bits per heavy atom. The minimum atomic E-state index is -1.45. The van der Waals surface area contributed by atoms with Crippen molar-refractivity contribution in [2.75, 3.05) is 0 Å². The topological polar surface area (TPSA) is 188 Å². The number of rotatable bonds is 15. The number of hydrogen-bond acceptors (Lipinski definition) is 6. The van der Waals surface area contributed by atoms with Crippen LogP contribution in [-0.2, 0) is 24.0 Å². The molecule has 11 heteroatoms. The summed E-state index contributed by atoms with van der Waals surface area (Å²) in [5.41, 5.74) is 5.83. The number of amides is 3. The smallest absolute Gasteiger partial charge is 0.326 e. The third-order valence-electron chi connectivity index (χ3n) is 5.19. The van der Waals surface area contributed by atoms with Crippen molar-refractivity contribution in [1.82, 2.24) is 16.0 Å². The van der Waals surface area contributed by atoms with Crippen molar-refractivity contribution in [1.29, 1.82) is 0 Å². The monoisotopic (exact) mass is 472 g/mol. The molecule has 0 aromatic heterocycles. The molecule has 0 saturated heterocycles. The molecule has 3 amide bonds. The first-order valence-electron chi connectivity index (χ1n) is 11.3. The number of carboxylic acid groups (broad SMARTS) is 2. The Morgan fingerprint density at radius 3 is 1.70 bits per heavy atom. The van der Waals surface area contributed by atoms with Gasteiger partial charge in [0.15, 0.2) is 0 Å². The maximum Gasteiger partial charge on any atom is 0.326 e. The first-order valence-corrected chi connectivity index (χ1v) is 11.3. The summed E-state index contributed by atoms with van der Waals surface area (Å²) >= 11 is 0. The van der Waals surface area contributed by atoms with Crippen LogP contribution in [0.15, 0.2) is 0 Å². The zero-order valence-corrected chi connectivity index (χ0v) is 20.4. The van der Waals surface area contributed by atoms with Gasteiger partial charge in [0.25, 0.3) is 0 Å². The fraction of sp³-hybridized carbons (Fsp3) is 0.773. The number of hydrogen-bond donors (Lipinski definition) is 6. The predicted molar refractivity (Wildman–Crippen MR) is 122 cm³/mol. The van der Waals surface area contributed by atoms with Gasteiger partial charge in [0, 0.05) is 0 Å². The van der Waals surface area contributed by atoms with Crippen molar-refractivity contribution in [2.45, 2.75) is 91.4 Å². The maximum absolute atomic E-state index is 12.9.